The molecule has 1 atom stereocenters. The number of benzene rings is 1. The molecule has 1 unspecified atom stereocenters. The molecule has 2 rings (SSSR count). The molecule has 0 aromatic heterocycles. The van der Waals surface area contributed by atoms with E-state index >= 15 is 0 Å². The number of morpholine rings is 1. The summed E-state index contributed by atoms with van der Waals surface area (Å²) in [6, 6.07) is 4.30. The van der Waals surface area contributed by atoms with E-state index in [-0.39, 0.29) is 24.2 Å². The molecule has 1 aromatic carbocycles. The maximum atomic E-state index is 11.9. The Hall–Kier alpha value is -2.19. The zero-order valence-electron chi connectivity index (χ0n) is 12.3. The lowest BCUT2D eigenvalue weighted by molar-refractivity contribution is -0.384. The minimum Gasteiger partial charge on any atom is -0.496 e. The number of nitro benzene ring substituents is 1. The van der Waals surface area contributed by atoms with Crippen LogP contribution in [0.5, 0.6) is 5.75 Å². The molecular weight excluding hydrogens is 290 g/mol. The predicted molar refractivity (Wildman–Crippen MR) is 78.7 cm³/mol. The first kappa shape index (κ1) is 16.2. The molecule has 1 aliphatic heterocycles. The second-order valence-electron chi connectivity index (χ2n) is 4.96. The summed E-state index contributed by atoms with van der Waals surface area (Å²) in [7, 11) is 1.48. The molecule has 0 saturated carbocycles. The van der Waals surface area contributed by atoms with Gasteiger partial charge in [-0.15, -0.1) is 0 Å². The van der Waals surface area contributed by atoms with E-state index in [2.05, 4.69) is 10.6 Å². The minimum absolute atomic E-state index is 0.000699. The van der Waals surface area contributed by atoms with Gasteiger partial charge in [-0.2, -0.15) is 0 Å². The van der Waals surface area contributed by atoms with Gasteiger partial charge in [-0.05, 0) is 6.07 Å². The molecule has 1 saturated heterocycles. The summed E-state index contributed by atoms with van der Waals surface area (Å²) in [6.07, 6.45) is 0.303. The third kappa shape index (κ3) is 4.40. The Kier molecular flexibility index (Phi) is 5.68. The van der Waals surface area contributed by atoms with Gasteiger partial charge in [0.15, 0.2) is 0 Å². The van der Waals surface area contributed by atoms with E-state index in [1.54, 1.807) is 0 Å². The number of amides is 1. The molecule has 1 aliphatic rings. The number of methoxy groups -OCH3 is 1. The Bertz CT molecular complexity index is 543. The minimum atomic E-state index is -0.478. The molecular formula is C14H19N3O5. The second kappa shape index (κ2) is 7.71. The van der Waals surface area contributed by atoms with Crippen LogP contribution in [0.3, 0.4) is 0 Å². The van der Waals surface area contributed by atoms with Gasteiger partial charge in [-0.1, -0.05) is 0 Å². The monoisotopic (exact) mass is 309 g/mol. The molecule has 120 valence electrons. The number of hydrogen-bond donors (Lipinski definition) is 2. The highest BCUT2D eigenvalue weighted by Crippen LogP contribution is 2.23. The van der Waals surface area contributed by atoms with Gasteiger partial charge >= 0.3 is 0 Å². The fraction of sp³-hybridized carbons (Fsp3) is 0.500. The number of carbonyl (C=O) groups excluding carboxylic acids is 1. The number of non-ortho nitro benzene ring substituents is 1. The Morgan fingerprint density at radius 3 is 3.05 bits per heavy atom. The molecule has 1 aromatic rings. The van der Waals surface area contributed by atoms with Crippen molar-refractivity contribution in [2.24, 2.45) is 0 Å². The number of hydrogen-bond acceptors (Lipinski definition) is 6. The zero-order chi connectivity index (χ0) is 15.9. The number of nitrogens with zero attached hydrogens (tertiary/aromatic N) is 1. The molecule has 0 radical (unpaired) electrons. The van der Waals surface area contributed by atoms with Crippen molar-refractivity contribution in [2.45, 2.75) is 19.0 Å². The lowest BCUT2D eigenvalue weighted by Crippen LogP contribution is -2.44. The van der Waals surface area contributed by atoms with E-state index in [4.69, 9.17) is 9.47 Å². The van der Waals surface area contributed by atoms with Crippen LogP contribution in [0.1, 0.15) is 12.0 Å². The van der Waals surface area contributed by atoms with Crippen molar-refractivity contribution in [1.82, 2.24) is 10.6 Å². The standard InChI is InChI=1S/C14H19N3O5/c1-21-13-3-2-12(17(19)20)6-10(13)8-16-14(18)7-11-9-22-5-4-15-11/h2-3,6,11,15H,4-5,7-9H2,1H3,(H,16,18). The van der Waals surface area contributed by atoms with Crippen LogP contribution in [-0.4, -0.2) is 43.7 Å². The van der Waals surface area contributed by atoms with Crippen LogP contribution < -0.4 is 15.4 Å². The van der Waals surface area contributed by atoms with Gasteiger partial charge in [0.05, 0.1) is 25.2 Å². The maximum Gasteiger partial charge on any atom is 0.270 e. The van der Waals surface area contributed by atoms with Crippen LogP contribution in [-0.2, 0) is 16.1 Å². The summed E-state index contributed by atoms with van der Waals surface area (Å²) in [5, 5.41) is 16.8. The Labute approximate surface area is 127 Å². The number of nitrogens with one attached hydrogen (secondary N) is 2. The van der Waals surface area contributed by atoms with Crippen LogP contribution in [0.25, 0.3) is 0 Å². The van der Waals surface area contributed by atoms with Crippen molar-refractivity contribution in [3.05, 3.63) is 33.9 Å². The quantitative estimate of drug-likeness (QED) is 0.589. The zero-order valence-corrected chi connectivity index (χ0v) is 12.3. The first-order chi connectivity index (χ1) is 10.6. The number of nitro groups is 1. The Morgan fingerprint density at radius 2 is 2.41 bits per heavy atom. The van der Waals surface area contributed by atoms with E-state index in [0.717, 1.165) is 6.54 Å². The fourth-order valence-corrected chi connectivity index (χ4v) is 2.26. The van der Waals surface area contributed by atoms with Crippen LogP contribution in [0.4, 0.5) is 5.69 Å². The second-order valence-corrected chi connectivity index (χ2v) is 4.96. The summed E-state index contributed by atoms with van der Waals surface area (Å²) in [5.74, 6) is 0.363. The van der Waals surface area contributed by atoms with Gasteiger partial charge in [0, 0.05) is 43.2 Å². The highest BCUT2D eigenvalue weighted by molar-refractivity contribution is 5.76. The van der Waals surface area contributed by atoms with Crippen molar-refractivity contribution >= 4 is 11.6 Å². The van der Waals surface area contributed by atoms with E-state index < -0.39 is 4.92 Å². The SMILES string of the molecule is COc1ccc([N+](=O)[O-])cc1CNC(=O)CC1COCCN1. The highest BCUT2D eigenvalue weighted by atomic mass is 16.6. The fourth-order valence-electron chi connectivity index (χ4n) is 2.26. The van der Waals surface area contributed by atoms with Crippen molar-refractivity contribution in [3.8, 4) is 5.75 Å². The number of carbonyl (C=O) groups is 1. The third-order valence-corrected chi connectivity index (χ3v) is 3.38. The summed E-state index contributed by atoms with van der Waals surface area (Å²) >= 11 is 0. The van der Waals surface area contributed by atoms with Gasteiger partial charge in [0.1, 0.15) is 5.75 Å². The lowest BCUT2D eigenvalue weighted by Gasteiger charge is -2.23. The average Bonchev–Trinajstić information content (AvgIpc) is 2.53. The number of rotatable bonds is 6. The molecule has 1 heterocycles. The van der Waals surface area contributed by atoms with Gasteiger partial charge < -0.3 is 20.1 Å². The first-order valence-corrected chi connectivity index (χ1v) is 6.99. The molecule has 0 aliphatic carbocycles. The summed E-state index contributed by atoms with van der Waals surface area (Å²) in [4.78, 5) is 22.3. The van der Waals surface area contributed by atoms with E-state index in [9.17, 15) is 14.9 Å². The maximum absolute atomic E-state index is 11.9. The smallest absolute Gasteiger partial charge is 0.270 e. The summed E-state index contributed by atoms with van der Waals surface area (Å²) in [5.41, 5.74) is 0.533. The molecule has 0 spiro atoms. The topological polar surface area (TPSA) is 103 Å². The van der Waals surface area contributed by atoms with Crippen LogP contribution in [0.15, 0.2) is 18.2 Å². The van der Waals surface area contributed by atoms with Gasteiger partial charge in [0.25, 0.3) is 5.69 Å². The predicted octanol–water partition coefficient (Wildman–Crippen LogP) is 0.598. The van der Waals surface area contributed by atoms with Crippen molar-refractivity contribution in [3.63, 3.8) is 0 Å². The molecule has 1 amide bonds. The van der Waals surface area contributed by atoms with E-state index in [1.165, 1.54) is 25.3 Å². The van der Waals surface area contributed by atoms with E-state index in [0.29, 0.717) is 30.9 Å². The molecule has 8 nitrogen and oxygen atoms in total. The molecule has 1 fully saturated rings. The summed E-state index contributed by atoms with van der Waals surface area (Å²) in [6.45, 7) is 2.07. The van der Waals surface area contributed by atoms with Crippen molar-refractivity contribution in [2.75, 3.05) is 26.9 Å². The normalized spacial score (nSPS) is 17.8. The van der Waals surface area contributed by atoms with Gasteiger partial charge in [-0.3, -0.25) is 14.9 Å². The lowest BCUT2D eigenvalue weighted by atomic mass is 10.1. The van der Waals surface area contributed by atoms with Crippen LogP contribution in [0, 0.1) is 10.1 Å². The van der Waals surface area contributed by atoms with Crippen LogP contribution in [0.2, 0.25) is 0 Å². The largest absolute Gasteiger partial charge is 0.496 e. The highest BCUT2D eigenvalue weighted by Gasteiger charge is 2.17. The van der Waals surface area contributed by atoms with Gasteiger partial charge in [0.2, 0.25) is 5.91 Å². The van der Waals surface area contributed by atoms with Gasteiger partial charge in [-0.25, -0.2) is 0 Å². The Morgan fingerprint density at radius 1 is 1.59 bits per heavy atom. The van der Waals surface area contributed by atoms with E-state index in [1.807, 2.05) is 0 Å². The molecule has 22 heavy (non-hydrogen) atoms. The molecule has 0 bridgehead atoms. The third-order valence-electron chi connectivity index (χ3n) is 3.38. The van der Waals surface area contributed by atoms with Crippen LogP contribution >= 0.6 is 0 Å². The van der Waals surface area contributed by atoms with Crippen molar-refractivity contribution in [1.29, 1.82) is 0 Å². The van der Waals surface area contributed by atoms with Crippen molar-refractivity contribution < 1.29 is 19.2 Å². The molecule has 8 heteroatoms. The average molecular weight is 309 g/mol. The Balaban J connectivity index is 1.93. The number of ether oxygens (including phenoxy) is 2. The summed E-state index contributed by atoms with van der Waals surface area (Å²) < 4.78 is 10.4. The first-order valence-electron chi connectivity index (χ1n) is 6.99. The molecule has 2 N–H and O–H groups in total.